The lowest BCUT2D eigenvalue weighted by Crippen LogP contribution is -2.23. The molecule has 2 aromatic rings. The van der Waals surface area contributed by atoms with Gasteiger partial charge in [-0.2, -0.15) is 5.10 Å². The van der Waals surface area contributed by atoms with Crippen LogP contribution in [0.25, 0.3) is 4.96 Å². The molecule has 0 aliphatic carbocycles. The fourth-order valence-electron chi connectivity index (χ4n) is 1.57. The van der Waals surface area contributed by atoms with Gasteiger partial charge in [-0.3, -0.25) is 0 Å². The minimum Gasteiger partial charge on any atom is -0.311 e. The number of rotatable bonds is 0. The van der Waals surface area contributed by atoms with Crippen LogP contribution in [-0.4, -0.2) is 21.1 Å². The molecule has 0 bridgehead atoms. The molecule has 0 atom stereocenters. The van der Waals surface area contributed by atoms with E-state index in [1.807, 2.05) is 4.52 Å². The van der Waals surface area contributed by atoms with Crippen molar-refractivity contribution in [1.82, 2.24) is 19.9 Å². The molecule has 62 valence electrons. The molecule has 2 aromatic heterocycles. The molecule has 0 spiro atoms. The van der Waals surface area contributed by atoms with Crippen LogP contribution in [0.3, 0.4) is 0 Å². The Kier molecular flexibility index (Phi) is 1.24. The Hall–Kier alpha value is -0.940. The average molecular weight is 180 g/mol. The van der Waals surface area contributed by atoms with E-state index in [9.17, 15) is 0 Å². The third-order valence-electron chi connectivity index (χ3n) is 2.13. The van der Waals surface area contributed by atoms with Crippen molar-refractivity contribution in [3.63, 3.8) is 0 Å². The van der Waals surface area contributed by atoms with Gasteiger partial charge in [-0.05, 0) is 0 Å². The van der Waals surface area contributed by atoms with Crippen molar-refractivity contribution in [2.45, 2.75) is 13.0 Å². The summed E-state index contributed by atoms with van der Waals surface area (Å²) in [5, 5.41) is 7.51. The van der Waals surface area contributed by atoms with Gasteiger partial charge in [0.2, 0.25) is 4.96 Å². The Morgan fingerprint density at radius 1 is 1.58 bits per heavy atom. The van der Waals surface area contributed by atoms with Crippen LogP contribution < -0.4 is 5.32 Å². The normalized spacial score (nSPS) is 16.7. The number of nitrogens with zero attached hydrogens (tertiary/aromatic N) is 3. The van der Waals surface area contributed by atoms with Crippen molar-refractivity contribution >= 4 is 16.3 Å². The van der Waals surface area contributed by atoms with Crippen LogP contribution in [-0.2, 0) is 13.0 Å². The molecule has 1 aliphatic rings. The van der Waals surface area contributed by atoms with Gasteiger partial charge in [-0.1, -0.05) is 11.3 Å². The van der Waals surface area contributed by atoms with Gasteiger partial charge in [0.1, 0.15) is 6.33 Å². The molecule has 3 heterocycles. The van der Waals surface area contributed by atoms with Crippen LogP contribution in [0.2, 0.25) is 0 Å². The largest absolute Gasteiger partial charge is 0.311 e. The number of hydrogen-bond acceptors (Lipinski definition) is 4. The van der Waals surface area contributed by atoms with Crippen molar-refractivity contribution in [3.05, 3.63) is 16.9 Å². The van der Waals surface area contributed by atoms with E-state index in [2.05, 4.69) is 15.4 Å². The van der Waals surface area contributed by atoms with E-state index in [-0.39, 0.29) is 0 Å². The maximum atomic E-state index is 4.18. The molecule has 0 amide bonds. The molecule has 1 N–H and O–H groups in total. The second-order valence-electron chi connectivity index (χ2n) is 2.85. The van der Waals surface area contributed by atoms with Crippen molar-refractivity contribution in [3.8, 4) is 0 Å². The number of thiazole rings is 1. The van der Waals surface area contributed by atoms with Gasteiger partial charge in [0, 0.05) is 24.4 Å². The Morgan fingerprint density at radius 3 is 3.58 bits per heavy atom. The third-order valence-corrected chi connectivity index (χ3v) is 3.22. The lowest BCUT2D eigenvalue weighted by atomic mass is 10.2. The van der Waals surface area contributed by atoms with Crippen LogP contribution in [0.15, 0.2) is 6.33 Å². The zero-order valence-electron chi connectivity index (χ0n) is 6.45. The molecule has 1 aliphatic heterocycles. The quantitative estimate of drug-likeness (QED) is 0.639. The van der Waals surface area contributed by atoms with E-state index >= 15 is 0 Å². The summed E-state index contributed by atoms with van der Waals surface area (Å²) in [6.45, 7) is 2.03. The van der Waals surface area contributed by atoms with Gasteiger partial charge in [0.05, 0.1) is 5.69 Å². The SMILES string of the molecule is c1nc2sc3c(n2n1)CCNC3. The Morgan fingerprint density at radius 2 is 2.58 bits per heavy atom. The first-order valence-corrected chi connectivity index (χ1v) is 4.78. The average Bonchev–Trinajstić information content (AvgIpc) is 2.62. The molecule has 3 rings (SSSR count). The summed E-state index contributed by atoms with van der Waals surface area (Å²) in [5.74, 6) is 0. The summed E-state index contributed by atoms with van der Waals surface area (Å²) in [7, 11) is 0. The van der Waals surface area contributed by atoms with E-state index < -0.39 is 0 Å². The summed E-state index contributed by atoms with van der Waals surface area (Å²) < 4.78 is 1.96. The minimum atomic E-state index is 0.977. The lowest BCUT2D eigenvalue weighted by molar-refractivity contribution is 0.629. The minimum absolute atomic E-state index is 0.977. The highest BCUT2D eigenvalue weighted by Gasteiger charge is 2.16. The van der Waals surface area contributed by atoms with Crippen LogP contribution in [0.5, 0.6) is 0 Å². The van der Waals surface area contributed by atoms with Gasteiger partial charge in [0.15, 0.2) is 0 Å². The van der Waals surface area contributed by atoms with Gasteiger partial charge in [-0.25, -0.2) is 9.50 Å². The predicted molar refractivity (Wildman–Crippen MR) is 46.3 cm³/mol. The van der Waals surface area contributed by atoms with E-state index in [0.29, 0.717) is 0 Å². The molecular formula is C7H8N4S. The smallest absolute Gasteiger partial charge is 0.212 e. The van der Waals surface area contributed by atoms with Crippen LogP contribution in [0.4, 0.5) is 0 Å². The van der Waals surface area contributed by atoms with E-state index in [0.717, 1.165) is 24.5 Å². The van der Waals surface area contributed by atoms with Gasteiger partial charge in [-0.15, -0.1) is 0 Å². The van der Waals surface area contributed by atoms with Crippen LogP contribution in [0.1, 0.15) is 10.6 Å². The molecule has 0 radical (unpaired) electrons. The van der Waals surface area contributed by atoms with E-state index in [1.54, 1.807) is 17.7 Å². The summed E-state index contributed by atoms with van der Waals surface area (Å²) >= 11 is 1.73. The second-order valence-corrected chi connectivity index (χ2v) is 3.92. The monoisotopic (exact) mass is 180 g/mol. The number of fused-ring (bicyclic) bond motifs is 3. The molecule has 0 fully saturated rings. The van der Waals surface area contributed by atoms with Gasteiger partial charge < -0.3 is 5.32 Å². The molecule has 4 nitrogen and oxygen atoms in total. The first-order valence-electron chi connectivity index (χ1n) is 3.96. The van der Waals surface area contributed by atoms with Gasteiger partial charge >= 0.3 is 0 Å². The number of nitrogens with one attached hydrogen (secondary N) is 1. The first-order chi connectivity index (χ1) is 5.95. The Labute approximate surface area is 73.2 Å². The Bertz CT molecular complexity index is 416. The number of aromatic nitrogens is 3. The zero-order chi connectivity index (χ0) is 7.97. The molecule has 5 heteroatoms. The molecule has 12 heavy (non-hydrogen) atoms. The topological polar surface area (TPSA) is 42.2 Å². The second kappa shape index (κ2) is 2.27. The summed E-state index contributed by atoms with van der Waals surface area (Å²) in [5.41, 5.74) is 1.34. The summed E-state index contributed by atoms with van der Waals surface area (Å²) in [6.07, 6.45) is 2.69. The first kappa shape index (κ1) is 6.56. The molecule has 0 saturated carbocycles. The maximum Gasteiger partial charge on any atom is 0.212 e. The summed E-state index contributed by atoms with van der Waals surface area (Å²) in [4.78, 5) is 6.57. The molecule has 0 saturated heterocycles. The fourth-order valence-corrected chi connectivity index (χ4v) is 2.61. The van der Waals surface area contributed by atoms with Crippen LogP contribution >= 0.6 is 11.3 Å². The standard InChI is InChI=1S/C7H8N4S/c1-2-8-3-6-5(1)11-7(12-6)9-4-10-11/h4,8H,1-3H2. The zero-order valence-corrected chi connectivity index (χ0v) is 7.27. The number of hydrogen-bond donors (Lipinski definition) is 1. The molecule has 0 aromatic carbocycles. The van der Waals surface area contributed by atoms with Crippen molar-refractivity contribution in [2.24, 2.45) is 0 Å². The van der Waals surface area contributed by atoms with Crippen molar-refractivity contribution in [2.75, 3.05) is 6.54 Å². The lowest BCUT2D eigenvalue weighted by Gasteiger charge is -2.10. The van der Waals surface area contributed by atoms with Crippen LogP contribution in [0, 0.1) is 0 Å². The molecular weight excluding hydrogens is 172 g/mol. The summed E-state index contributed by atoms with van der Waals surface area (Å²) in [6, 6.07) is 0. The third kappa shape index (κ3) is 0.748. The predicted octanol–water partition coefficient (Wildman–Crippen LogP) is 0.436. The fraction of sp³-hybridized carbons (Fsp3) is 0.429. The highest BCUT2D eigenvalue weighted by atomic mass is 32.1. The van der Waals surface area contributed by atoms with Crippen molar-refractivity contribution < 1.29 is 0 Å². The Balaban J connectivity index is 2.34. The highest BCUT2D eigenvalue weighted by molar-refractivity contribution is 7.17. The highest BCUT2D eigenvalue weighted by Crippen LogP contribution is 2.23. The maximum absolute atomic E-state index is 4.18. The van der Waals surface area contributed by atoms with Gasteiger partial charge in [0.25, 0.3) is 0 Å². The van der Waals surface area contributed by atoms with E-state index in [4.69, 9.17) is 0 Å². The van der Waals surface area contributed by atoms with Crippen molar-refractivity contribution in [1.29, 1.82) is 0 Å². The van der Waals surface area contributed by atoms with E-state index in [1.165, 1.54) is 10.6 Å². The molecule has 0 unspecified atom stereocenters.